The normalized spacial score (nSPS) is 31.0. The first kappa shape index (κ1) is 18.7. The van der Waals surface area contributed by atoms with Crippen molar-refractivity contribution in [2.75, 3.05) is 44.2 Å². The summed E-state index contributed by atoms with van der Waals surface area (Å²) in [6.45, 7) is 7.13. The summed E-state index contributed by atoms with van der Waals surface area (Å²) in [7, 11) is 0. The van der Waals surface area contributed by atoms with Gasteiger partial charge >= 0.3 is 0 Å². The molecule has 0 saturated carbocycles. The van der Waals surface area contributed by atoms with Gasteiger partial charge in [0.2, 0.25) is 0 Å². The van der Waals surface area contributed by atoms with Gasteiger partial charge in [-0.3, -0.25) is 4.90 Å². The standard InChI is InChI=1S/C26H33N3O/c1-4-11-28(12-5-1)22-8-6-9-23(14-22)30-26-24-10-3-2-7-19(24)13-25(26)29-17-20-15-27-16-21(20)18-29/h2-3,6-10,14,20-21,25-27H,1,4-5,11-13,15-18H2. The van der Waals surface area contributed by atoms with E-state index in [1.54, 1.807) is 0 Å². The molecule has 3 fully saturated rings. The second-order valence-corrected chi connectivity index (χ2v) is 9.69. The Morgan fingerprint density at radius 3 is 2.50 bits per heavy atom. The molecule has 3 heterocycles. The molecule has 30 heavy (non-hydrogen) atoms. The third kappa shape index (κ3) is 3.40. The van der Waals surface area contributed by atoms with Crippen molar-refractivity contribution in [1.82, 2.24) is 10.2 Å². The zero-order valence-electron chi connectivity index (χ0n) is 17.8. The number of ether oxygens (including phenoxy) is 1. The van der Waals surface area contributed by atoms with Crippen molar-refractivity contribution in [3.63, 3.8) is 0 Å². The van der Waals surface area contributed by atoms with Gasteiger partial charge in [-0.2, -0.15) is 0 Å². The van der Waals surface area contributed by atoms with Crippen molar-refractivity contribution in [2.24, 2.45) is 11.8 Å². The fourth-order valence-electron chi connectivity index (χ4n) is 6.21. The molecule has 0 spiro atoms. The summed E-state index contributed by atoms with van der Waals surface area (Å²) in [5.41, 5.74) is 4.17. The van der Waals surface area contributed by atoms with Gasteiger partial charge in [-0.1, -0.05) is 30.3 Å². The summed E-state index contributed by atoms with van der Waals surface area (Å²) >= 11 is 0. The van der Waals surface area contributed by atoms with Crippen molar-refractivity contribution in [2.45, 2.75) is 37.8 Å². The van der Waals surface area contributed by atoms with Crippen LogP contribution in [0.3, 0.4) is 0 Å². The molecule has 2 aromatic rings. The highest BCUT2D eigenvalue weighted by Gasteiger charge is 2.44. The quantitative estimate of drug-likeness (QED) is 0.839. The lowest BCUT2D eigenvalue weighted by Crippen LogP contribution is -2.40. The van der Waals surface area contributed by atoms with E-state index in [1.807, 2.05) is 0 Å². The van der Waals surface area contributed by atoms with E-state index in [0.29, 0.717) is 6.04 Å². The number of nitrogens with zero attached hydrogens (tertiary/aromatic N) is 2. The molecule has 1 aliphatic carbocycles. The molecule has 2 aromatic carbocycles. The maximum Gasteiger partial charge on any atom is 0.140 e. The van der Waals surface area contributed by atoms with Gasteiger partial charge in [-0.25, -0.2) is 0 Å². The Labute approximate surface area is 180 Å². The van der Waals surface area contributed by atoms with Crippen LogP contribution in [-0.4, -0.2) is 50.2 Å². The molecule has 4 nitrogen and oxygen atoms in total. The van der Waals surface area contributed by atoms with Gasteiger partial charge in [0.05, 0.1) is 6.04 Å². The molecule has 0 radical (unpaired) electrons. The third-order valence-corrected chi connectivity index (χ3v) is 7.83. The third-order valence-electron chi connectivity index (χ3n) is 7.83. The van der Waals surface area contributed by atoms with E-state index in [-0.39, 0.29) is 6.10 Å². The number of nitrogens with one attached hydrogen (secondary N) is 1. The van der Waals surface area contributed by atoms with E-state index in [1.165, 1.54) is 75.3 Å². The van der Waals surface area contributed by atoms with Crippen LogP contribution in [0.2, 0.25) is 0 Å². The van der Waals surface area contributed by atoms with Crippen LogP contribution in [0.15, 0.2) is 48.5 Å². The molecule has 0 aromatic heterocycles. The van der Waals surface area contributed by atoms with Gasteiger partial charge in [-0.15, -0.1) is 0 Å². The van der Waals surface area contributed by atoms with Crippen LogP contribution in [0.1, 0.15) is 36.5 Å². The lowest BCUT2D eigenvalue weighted by Gasteiger charge is -2.32. The largest absolute Gasteiger partial charge is 0.484 e. The molecule has 1 N–H and O–H groups in total. The zero-order chi connectivity index (χ0) is 19.9. The van der Waals surface area contributed by atoms with Crippen molar-refractivity contribution in [3.8, 4) is 5.75 Å². The molecule has 4 unspecified atom stereocenters. The van der Waals surface area contributed by atoms with Gasteiger partial charge < -0.3 is 15.0 Å². The molecule has 3 aliphatic heterocycles. The Morgan fingerprint density at radius 1 is 0.867 bits per heavy atom. The number of piperidine rings is 1. The maximum absolute atomic E-state index is 6.80. The van der Waals surface area contributed by atoms with E-state index in [0.717, 1.165) is 24.0 Å². The average Bonchev–Trinajstić information content (AvgIpc) is 3.48. The minimum Gasteiger partial charge on any atom is -0.484 e. The average molecular weight is 404 g/mol. The number of likely N-dealkylation sites (tertiary alicyclic amines) is 1. The summed E-state index contributed by atoms with van der Waals surface area (Å²) in [6.07, 6.45) is 5.20. The maximum atomic E-state index is 6.80. The molecular weight excluding hydrogens is 370 g/mol. The van der Waals surface area contributed by atoms with Crippen LogP contribution < -0.4 is 15.0 Å². The highest BCUT2D eigenvalue weighted by Crippen LogP contribution is 2.41. The minimum atomic E-state index is 0.129. The molecule has 3 saturated heterocycles. The second kappa shape index (κ2) is 7.90. The summed E-state index contributed by atoms with van der Waals surface area (Å²) in [5.74, 6) is 2.65. The molecule has 158 valence electrons. The van der Waals surface area contributed by atoms with E-state index in [4.69, 9.17) is 4.74 Å². The van der Waals surface area contributed by atoms with Gasteiger partial charge in [-0.05, 0) is 73.9 Å². The molecular formula is C26H33N3O. The van der Waals surface area contributed by atoms with E-state index >= 15 is 0 Å². The van der Waals surface area contributed by atoms with E-state index in [2.05, 4.69) is 63.6 Å². The second-order valence-electron chi connectivity index (χ2n) is 9.69. The van der Waals surface area contributed by atoms with E-state index < -0.39 is 0 Å². The van der Waals surface area contributed by atoms with Crippen LogP contribution in [0.25, 0.3) is 0 Å². The molecule has 0 amide bonds. The number of hydrogen-bond acceptors (Lipinski definition) is 4. The first-order valence-corrected chi connectivity index (χ1v) is 11.9. The first-order chi connectivity index (χ1) is 14.8. The molecule has 4 atom stereocenters. The predicted molar refractivity (Wildman–Crippen MR) is 121 cm³/mol. The number of hydrogen-bond donors (Lipinski definition) is 1. The Balaban J connectivity index is 1.26. The fourth-order valence-corrected chi connectivity index (χ4v) is 6.21. The number of anilines is 1. The highest BCUT2D eigenvalue weighted by atomic mass is 16.5. The number of fused-ring (bicyclic) bond motifs is 2. The zero-order valence-corrected chi connectivity index (χ0v) is 17.8. The summed E-state index contributed by atoms with van der Waals surface area (Å²) in [5, 5.41) is 3.58. The van der Waals surface area contributed by atoms with Gasteiger partial charge in [0.1, 0.15) is 11.9 Å². The number of rotatable bonds is 4. The van der Waals surface area contributed by atoms with Crippen molar-refractivity contribution < 1.29 is 4.74 Å². The van der Waals surface area contributed by atoms with Gasteiger partial charge in [0.15, 0.2) is 0 Å². The lowest BCUT2D eigenvalue weighted by atomic mass is 10.0. The predicted octanol–water partition coefficient (Wildman–Crippen LogP) is 3.87. The van der Waals surface area contributed by atoms with E-state index in [9.17, 15) is 0 Å². The summed E-state index contributed by atoms with van der Waals surface area (Å²) < 4.78 is 6.80. The van der Waals surface area contributed by atoms with Crippen LogP contribution in [0, 0.1) is 11.8 Å². The first-order valence-electron chi connectivity index (χ1n) is 11.9. The smallest absolute Gasteiger partial charge is 0.140 e. The molecule has 6 rings (SSSR count). The van der Waals surface area contributed by atoms with Crippen molar-refractivity contribution in [1.29, 1.82) is 0 Å². The Morgan fingerprint density at radius 2 is 1.67 bits per heavy atom. The van der Waals surface area contributed by atoms with Crippen molar-refractivity contribution in [3.05, 3.63) is 59.7 Å². The Kier molecular flexibility index (Phi) is 4.93. The number of benzene rings is 2. The molecule has 4 heteroatoms. The highest BCUT2D eigenvalue weighted by molar-refractivity contribution is 5.51. The minimum absolute atomic E-state index is 0.129. The van der Waals surface area contributed by atoms with Crippen LogP contribution in [0.4, 0.5) is 5.69 Å². The topological polar surface area (TPSA) is 27.7 Å². The SMILES string of the molecule is c1cc(OC2c3ccccc3CC2N2CC3CNCC3C2)cc(N2CCCCC2)c1. The summed E-state index contributed by atoms with van der Waals surface area (Å²) in [6, 6.07) is 18.2. The van der Waals surface area contributed by atoms with Gasteiger partial charge in [0, 0.05) is 37.9 Å². The molecule has 0 bridgehead atoms. The van der Waals surface area contributed by atoms with Crippen LogP contribution in [-0.2, 0) is 6.42 Å². The van der Waals surface area contributed by atoms with Crippen LogP contribution in [0.5, 0.6) is 5.75 Å². The Hall–Kier alpha value is -2.04. The molecule has 4 aliphatic rings. The van der Waals surface area contributed by atoms with Crippen LogP contribution >= 0.6 is 0 Å². The summed E-state index contributed by atoms with van der Waals surface area (Å²) in [4.78, 5) is 5.25. The Bertz CT molecular complexity index is 881. The fraction of sp³-hybridized carbons (Fsp3) is 0.538. The van der Waals surface area contributed by atoms with Crippen molar-refractivity contribution >= 4 is 5.69 Å². The monoisotopic (exact) mass is 403 g/mol. The van der Waals surface area contributed by atoms with Gasteiger partial charge in [0.25, 0.3) is 0 Å². The lowest BCUT2D eigenvalue weighted by molar-refractivity contribution is 0.0890.